The van der Waals surface area contributed by atoms with Crippen LogP contribution in [0, 0.1) is 18.8 Å². The van der Waals surface area contributed by atoms with E-state index < -0.39 is 6.04 Å². The first-order chi connectivity index (χ1) is 22.5. The summed E-state index contributed by atoms with van der Waals surface area (Å²) in [6.07, 6.45) is 5.71. The van der Waals surface area contributed by atoms with Crippen molar-refractivity contribution in [3.05, 3.63) is 71.9 Å². The summed E-state index contributed by atoms with van der Waals surface area (Å²) in [4.78, 5) is 34.0. The lowest BCUT2D eigenvalue weighted by Crippen LogP contribution is -2.48. The Balaban J connectivity index is 1.16. The Morgan fingerprint density at radius 2 is 1.74 bits per heavy atom. The van der Waals surface area contributed by atoms with Gasteiger partial charge in [0.1, 0.15) is 11.9 Å². The van der Waals surface area contributed by atoms with Crippen molar-refractivity contribution in [1.82, 2.24) is 30.9 Å². The summed E-state index contributed by atoms with van der Waals surface area (Å²) in [6.45, 7) is 5.85. The number of carbonyl (C=O) groups excluding carboxylic acids is 2. The molecule has 3 heterocycles. The van der Waals surface area contributed by atoms with E-state index in [9.17, 15) is 9.59 Å². The number of ether oxygens (including phenoxy) is 1. The van der Waals surface area contributed by atoms with Crippen molar-refractivity contribution in [3.8, 4) is 22.5 Å². The van der Waals surface area contributed by atoms with E-state index in [1.54, 1.807) is 12.1 Å². The van der Waals surface area contributed by atoms with Crippen molar-refractivity contribution in [3.63, 3.8) is 0 Å². The molecule has 6 rings (SSSR count). The number of aromatic amines is 1. The van der Waals surface area contributed by atoms with Crippen molar-refractivity contribution in [2.24, 2.45) is 17.6 Å². The Bertz CT molecular complexity index is 1600. The minimum absolute atomic E-state index is 0.0817. The van der Waals surface area contributed by atoms with Crippen LogP contribution in [0.3, 0.4) is 0 Å². The van der Waals surface area contributed by atoms with Crippen LogP contribution in [-0.4, -0.2) is 76.3 Å². The predicted octanol–water partition coefficient (Wildman–Crippen LogP) is 3.50. The normalized spacial score (nSPS) is 19.0. The van der Waals surface area contributed by atoms with Crippen LogP contribution in [-0.2, 0) is 20.7 Å². The van der Waals surface area contributed by atoms with Crippen LogP contribution in [0.5, 0.6) is 0 Å². The summed E-state index contributed by atoms with van der Waals surface area (Å²) in [5, 5.41) is 20.1. The molecule has 2 aliphatic rings. The molecule has 1 unspecified atom stereocenters. The number of hydrogen-bond donors (Lipinski definition) is 4. The highest BCUT2D eigenvalue weighted by atomic mass is 16.5. The van der Waals surface area contributed by atoms with E-state index in [1.807, 2.05) is 30.5 Å². The van der Waals surface area contributed by atoms with Gasteiger partial charge >= 0.3 is 0 Å². The first kappa shape index (κ1) is 31.3. The van der Waals surface area contributed by atoms with Gasteiger partial charge in [0, 0.05) is 48.4 Å². The number of anilines is 2. The smallest absolute Gasteiger partial charge is 0.247 e. The van der Waals surface area contributed by atoms with Gasteiger partial charge in [-0.2, -0.15) is 5.21 Å². The lowest BCUT2D eigenvalue weighted by Gasteiger charge is -2.28. The number of rotatable bonds is 10. The maximum atomic E-state index is 13.6. The third-order valence-electron chi connectivity index (χ3n) is 9.08. The molecular weight excluding hydrogens is 582 g/mol. The second-order valence-corrected chi connectivity index (χ2v) is 12.2. The molecule has 2 fully saturated rings. The standard InChI is InChI=1S/C34H41N9O3/c1-22-18-31(43-14-16-46-17-15-43)36-21-29(22)25-6-2-23(3-7-25)19-30(38-33(44)27-8-4-24(20-35)5-9-27)34(45)37-28-12-10-26(11-13-28)32-39-41-42-40-32/h2-3,6-7,10-13,18,21,24,27,30H,4-5,8-9,14-17,19-20,35H2,1H3,(H,37,45)(H,38,44)(H,39,40,41,42). The van der Waals surface area contributed by atoms with Crippen LogP contribution in [0.15, 0.2) is 60.8 Å². The highest BCUT2D eigenvalue weighted by Crippen LogP contribution is 2.29. The molecule has 240 valence electrons. The molecule has 1 saturated carbocycles. The number of H-pyrrole nitrogens is 1. The summed E-state index contributed by atoms with van der Waals surface area (Å²) >= 11 is 0. The quantitative estimate of drug-likeness (QED) is 0.207. The number of aryl methyl sites for hydroxylation is 1. The monoisotopic (exact) mass is 623 g/mol. The van der Waals surface area contributed by atoms with E-state index in [2.05, 4.69) is 61.3 Å². The number of benzene rings is 2. The second kappa shape index (κ2) is 14.6. The van der Waals surface area contributed by atoms with E-state index in [-0.39, 0.29) is 17.7 Å². The average molecular weight is 624 g/mol. The lowest BCUT2D eigenvalue weighted by molar-refractivity contribution is -0.130. The molecule has 0 radical (unpaired) electrons. The Hall–Kier alpha value is -4.68. The number of amides is 2. The number of tetrazole rings is 1. The first-order valence-electron chi connectivity index (χ1n) is 16.0. The van der Waals surface area contributed by atoms with Crippen LogP contribution in [0.4, 0.5) is 11.5 Å². The van der Waals surface area contributed by atoms with Gasteiger partial charge in [-0.25, -0.2) is 4.98 Å². The van der Waals surface area contributed by atoms with E-state index in [1.165, 1.54) is 0 Å². The van der Waals surface area contributed by atoms with Gasteiger partial charge in [-0.3, -0.25) is 9.59 Å². The molecule has 0 bridgehead atoms. The molecule has 5 N–H and O–H groups in total. The fourth-order valence-electron chi connectivity index (χ4n) is 6.24. The summed E-state index contributed by atoms with van der Waals surface area (Å²) in [5.74, 6) is 1.42. The fraction of sp³-hybridized carbons (Fsp3) is 0.412. The molecule has 2 aromatic carbocycles. The largest absolute Gasteiger partial charge is 0.378 e. The Morgan fingerprint density at radius 1 is 1.02 bits per heavy atom. The van der Waals surface area contributed by atoms with E-state index in [0.29, 0.717) is 43.6 Å². The number of pyridine rings is 1. The molecule has 46 heavy (non-hydrogen) atoms. The van der Waals surface area contributed by atoms with Crippen LogP contribution in [0.1, 0.15) is 36.8 Å². The van der Waals surface area contributed by atoms with Gasteiger partial charge in [-0.15, -0.1) is 10.2 Å². The minimum Gasteiger partial charge on any atom is -0.378 e. The summed E-state index contributed by atoms with van der Waals surface area (Å²) in [6, 6.07) is 16.7. The van der Waals surface area contributed by atoms with Crippen LogP contribution < -0.4 is 21.3 Å². The van der Waals surface area contributed by atoms with Crippen LogP contribution in [0.2, 0.25) is 0 Å². The van der Waals surface area contributed by atoms with Gasteiger partial charge in [0.15, 0.2) is 0 Å². The van der Waals surface area contributed by atoms with Gasteiger partial charge in [-0.1, -0.05) is 24.3 Å². The highest BCUT2D eigenvalue weighted by Gasteiger charge is 2.29. The zero-order chi connectivity index (χ0) is 31.9. The number of hydrogen-bond acceptors (Lipinski definition) is 9. The minimum atomic E-state index is -0.751. The Morgan fingerprint density at radius 3 is 2.39 bits per heavy atom. The molecule has 0 spiro atoms. The molecule has 1 aliphatic carbocycles. The van der Waals surface area contributed by atoms with Gasteiger partial charge in [-0.05, 0) is 97.3 Å². The maximum Gasteiger partial charge on any atom is 0.247 e. The van der Waals surface area contributed by atoms with Gasteiger partial charge in [0.25, 0.3) is 0 Å². The third-order valence-corrected chi connectivity index (χ3v) is 9.08. The lowest BCUT2D eigenvalue weighted by atomic mass is 9.81. The molecule has 2 aromatic heterocycles. The van der Waals surface area contributed by atoms with Crippen molar-refractivity contribution < 1.29 is 14.3 Å². The Kier molecular flexibility index (Phi) is 9.94. The van der Waals surface area contributed by atoms with Crippen LogP contribution >= 0.6 is 0 Å². The number of nitrogens with one attached hydrogen (secondary N) is 3. The number of nitrogens with zero attached hydrogens (tertiary/aromatic N) is 5. The van der Waals surface area contributed by atoms with E-state index in [0.717, 1.165) is 72.4 Å². The molecule has 1 atom stereocenters. The molecule has 1 saturated heterocycles. The molecule has 1 aliphatic heterocycles. The maximum absolute atomic E-state index is 13.6. The first-order valence-corrected chi connectivity index (χ1v) is 16.0. The van der Waals surface area contributed by atoms with E-state index >= 15 is 0 Å². The van der Waals surface area contributed by atoms with E-state index in [4.69, 9.17) is 15.5 Å². The summed E-state index contributed by atoms with van der Waals surface area (Å²) in [7, 11) is 0. The number of carbonyl (C=O) groups is 2. The highest BCUT2D eigenvalue weighted by molar-refractivity contribution is 5.97. The number of morpholine rings is 1. The van der Waals surface area contributed by atoms with Crippen molar-refractivity contribution >= 4 is 23.3 Å². The molecular formula is C34H41N9O3. The van der Waals surface area contributed by atoms with Crippen molar-refractivity contribution in [2.75, 3.05) is 43.1 Å². The summed E-state index contributed by atoms with van der Waals surface area (Å²) < 4.78 is 5.48. The topological polar surface area (TPSA) is 164 Å². The summed E-state index contributed by atoms with van der Waals surface area (Å²) in [5.41, 5.74) is 11.4. The van der Waals surface area contributed by atoms with Crippen LogP contribution in [0.25, 0.3) is 22.5 Å². The Labute approximate surface area is 268 Å². The molecule has 12 heteroatoms. The molecule has 12 nitrogen and oxygen atoms in total. The van der Waals surface area contributed by atoms with Crippen molar-refractivity contribution in [1.29, 1.82) is 0 Å². The number of nitrogens with two attached hydrogens (primary N) is 1. The SMILES string of the molecule is Cc1cc(N2CCOCC2)ncc1-c1ccc(CC(NC(=O)C2CCC(CN)CC2)C(=O)Nc2ccc(-c3nn[nH]n3)cc2)cc1. The zero-order valence-electron chi connectivity index (χ0n) is 26.1. The van der Waals surface area contributed by atoms with Gasteiger partial charge in [0.05, 0.1) is 13.2 Å². The predicted molar refractivity (Wildman–Crippen MR) is 176 cm³/mol. The molecule has 2 amide bonds. The fourth-order valence-corrected chi connectivity index (χ4v) is 6.24. The third kappa shape index (κ3) is 7.57. The van der Waals surface area contributed by atoms with Gasteiger partial charge < -0.3 is 26.0 Å². The second-order valence-electron chi connectivity index (χ2n) is 12.2. The molecule has 4 aromatic rings. The number of aromatic nitrogens is 5. The zero-order valence-corrected chi connectivity index (χ0v) is 26.1. The van der Waals surface area contributed by atoms with Crippen molar-refractivity contribution in [2.45, 2.75) is 45.1 Å². The average Bonchev–Trinajstić information content (AvgIpc) is 3.64. The van der Waals surface area contributed by atoms with Gasteiger partial charge in [0.2, 0.25) is 17.6 Å².